The molecule has 18 heavy (non-hydrogen) atoms. The highest BCUT2D eigenvalue weighted by Gasteiger charge is 2.22. The first kappa shape index (κ1) is 13.6. The van der Waals surface area contributed by atoms with Crippen LogP contribution in [-0.2, 0) is 0 Å². The largest absolute Gasteiger partial charge is 0.389 e. The topological polar surface area (TPSA) is 38.0 Å². The van der Waals surface area contributed by atoms with Crippen molar-refractivity contribution in [2.45, 2.75) is 26.2 Å². The summed E-state index contributed by atoms with van der Waals surface area (Å²) < 4.78 is 0. The molecule has 2 atom stereocenters. The molecular weight excluding hydrogens is 264 g/mol. The van der Waals surface area contributed by atoms with Crippen molar-refractivity contribution in [3.05, 3.63) is 28.8 Å². The van der Waals surface area contributed by atoms with Crippen LogP contribution in [0.2, 0.25) is 5.02 Å². The van der Waals surface area contributed by atoms with Crippen LogP contribution in [0, 0.1) is 11.8 Å². The van der Waals surface area contributed by atoms with Crippen molar-refractivity contribution >= 4 is 34.5 Å². The van der Waals surface area contributed by atoms with Crippen LogP contribution in [0.1, 0.15) is 31.7 Å². The molecule has 1 fully saturated rings. The molecule has 4 heteroatoms. The summed E-state index contributed by atoms with van der Waals surface area (Å²) in [6, 6.07) is 5.76. The Hall–Kier alpha value is -0.800. The lowest BCUT2D eigenvalue weighted by Gasteiger charge is -2.17. The number of benzene rings is 1. The summed E-state index contributed by atoms with van der Waals surface area (Å²) in [5.74, 6) is 1.60. The number of nitrogens with two attached hydrogens (primary N) is 1. The number of thiocarbonyl (C=S) groups is 1. The molecule has 0 heterocycles. The average molecular weight is 283 g/mol. The van der Waals surface area contributed by atoms with E-state index in [1.165, 1.54) is 19.3 Å². The van der Waals surface area contributed by atoms with Crippen LogP contribution in [-0.4, -0.2) is 11.5 Å². The van der Waals surface area contributed by atoms with Gasteiger partial charge in [0.1, 0.15) is 4.99 Å². The summed E-state index contributed by atoms with van der Waals surface area (Å²) in [6.07, 6.45) is 4.04. The van der Waals surface area contributed by atoms with E-state index in [-0.39, 0.29) is 0 Å². The molecule has 0 aromatic heterocycles. The Balaban J connectivity index is 1.98. The van der Waals surface area contributed by atoms with Gasteiger partial charge in [0.15, 0.2) is 0 Å². The van der Waals surface area contributed by atoms with Gasteiger partial charge in [0.25, 0.3) is 0 Å². The second-order valence-electron chi connectivity index (χ2n) is 5.11. The Morgan fingerprint density at radius 1 is 1.50 bits per heavy atom. The van der Waals surface area contributed by atoms with Gasteiger partial charge in [-0.25, -0.2) is 0 Å². The Labute approximate surface area is 119 Å². The molecule has 0 aliphatic heterocycles. The first-order valence-electron chi connectivity index (χ1n) is 6.41. The molecule has 0 amide bonds. The Morgan fingerprint density at radius 2 is 2.28 bits per heavy atom. The van der Waals surface area contributed by atoms with Gasteiger partial charge in [0, 0.05) is 17.8 Å². The highest BCUT2D eigenvalue weighted by atomic mass is 35.5. The van der Waals surface area contributed by atoms with E-state index < -0.39 is 0 Å². The predicted octanol–water partition coefficient (Wildman–Crippen LogP) is 3.82. The molecule has 2 rings (SSSR count). The second kappa shape index (κ2) is 5.89. The standard InChI is InChI=1S/C14H19ClN2S/c1-9-3-2-4-10(9)8-17-11-5-6-12(14(16)18)13(15)7-11/h5-7,9-10,17H,2-4,8H2,1H3,(H2,16,18). The lowest BCUT2D eigenvalue weighted by atomic mass is 9.98. The minimum absolute atomic E-state index is 0.343. The number of anilines is 1. The first-order valence-corrected chi connectivity index (χ1v) is 7.20. The molecule has 1 aliphatic rings. The molecule has 2 nitrogen and oxygen atoms in total. The minimum atomic E-state index is 0.343. The van der Waals surface area contributed by atoms with Gasteiger partial charge in [-0.15, -0.1) is 0 Å². The number of rotatable bonds is 4. The van der Waals surface area contributed by atoms with E-state index in [1.54, 1.807) is 0 Å². The van der Waals surface area contributed by atoms with Gasteiger partial charge in [-0.05, 0) is 36.5 Å². The molecular formula is C14H19ClN2S. The van der Waals surface area contributed by atoms with Crippen LogP contribution in [0.5, 0.6) is 0 Å². The van der Waals surface area contributed by atoms with Crippen molar-refractivity contribution in [3.8, 4) is 0 Å². The van der Waals surface area contributed by atoms with Gasteiger partial charge in [-0.1, -0.05) is 43.6 Å². The SMILES string of the molecule is CC1CCCC1CNc1ccc(C(N)=S)c(Cl)c1. The number of hydrogen-bond acceptors (Lipinski definition) is 2. The van der Waals surface area contributed by atoms with E-state index in [2.05, 4.69) is 12.2 Å². The highest BCUT2D eigenvalue weighted by molar-refractivity contribution is 7.80. The third-order valence-electron chi connectivity index (χ3n) is 3.84. The van der Waals surface area contributed by atoms with Crippen LogP contribution in [0.3, 0.4) is 0 Å². The second-order valence-corrected chi connectivity index (χ2v) is 5.96. The van der Waals surface area contributed by atoms with Crippen molar-refractivity contribution in [1.82, 2.24) is 0 Å². The quantitative estimate of drug-likeness (QED) is 0.825. The molecule has 1 aliphatic carbocycles. The van der Waals surface area contributed by atoms with E-state index in [0.717, 1.165) is 29.6 Å². The minimum Gasteiger partial charge on any atom is -0.389 e. The van der Waals surface area contributed by atoms with Gasteiger partial charge in [0.05, 0.1) is 5.02 Å². The maximum absolute atomic E-state index is 6.14. The first-order chi connectivity index (χ1) is 8.58. The lowest BCUT2D eigenvalue weighted by Crippen LogP contribution is -2.16. The van der Waals surface area contributed by atoms with Gasteiger partial charge in [-0.2, -0.15) is 0 Å². The van der Waals surface area contributed by atoms with Crippen molar-refractivity contribution in [2.24, 2.45) is 17.6 Å². The van der Waals surface area contributed by atoms with Crippen molar-refractivity contribution in [3.63, 3.8) is 0 Å². The third-order valence-corrected chi connectivity index (χ3v) is 4.37. The zero-order chi connectivity index (χ0) is 13.1. The van der Waals surface area contributed by atoms with Crippen LogP contribution < -0.4 is 11.1 Å². The molecule has 2 unspecified atom stereocenters. The van der Waals surface area contributed by atoms with E-state index >= 15 is 0 Å². The van der Waals surface area contributed by atoms with E-state index in [1.807, 2.05) is 18.2 Å². The monoisotopic (exact) mass is 282 g/mol. The Morgan fingerprint density at radius 3 is 2.83 bits per heavy atom. The van der Waals surface area contributed by atoms with Gasteiger partial charge in [0.2, 0.25) is 0 Å². The summed E-state index contributed by atoms with van der Waals surface area (Å²) >= 11 is 11.1. The van der Waals surface area contributed by atoms with Gasteiger partial charge < -0.3 is 11.1 Å². The zero-order valence-corrected chi connectivity index (χ0v) is 12.2. The molecule has 0 bridgehead atoms. The number of nitrogens with one attached hydrogen (secondary N) is 1. The zero-order valence-electron chi connectivity index (χ0n) is 10.6. The van der Waals surface area contributed by atoms with E-state index in [4.69, 9.17) is 29.6 Å². The summed E-state index contributed by atoms with van der Waals surface area (Å²) in [5.41, 5.74) is 7.37. The molecule has 1 aromatic carbocycles. The fraction of sp³-hybridized carbons (Fsp3) is 0.500. The molecule has 0 spiro atoms. The average Bonchev–Trinajstić information content (AvgIpc) is 2.72. The van der Waals surface area contributed by atoms with Crippen LogP contribution in [0.15, 0.2) is 18.2 Å². The maximum Gasteiger partial charge on any atom is 0.105 e. The normalized spacial score (nSPS) is 23.0. The summed E-state index contributed by atoms with van der Waals surface area (Å²) in [4.78, 5) is 0.343. The molecule has 1 aromatic rings. The summed E-state index contributed by atoms with van der Waals surface area (Å²) in [7, 11) is 0. The van der Waals surface area contributed by atoms with Crippen molar-refractivity contribution < 1.29 is 0 Å². The summed E-state index contributed by atoms with van der Waals surface area (Å²) in [5, 5.41) is 4.07. The Bertz CT molecular complexity index is 447. The van der Waals surface area contributed by atoms with Crippen LogP contribution >= 0.6 is 23.8 Å². The molecule has 3 N–H and O–H groups in total. The van der Waals surface area contributed by atoms with Crippen molar-refractivity contribution in [2.75, 3.05) is 11.9 Å². The van der Waals surface area contributed by atoms with Crippen LogP contribution in [0.25, 0.3) is 0 Å². The fourth-order valence-corrected chi connectivity index (χ4v) is 3.12. The predicted molar refractivity (Wildman–Crippen MR) is 82.3 cm³/mol. The van der Waals surface area contributed by atoms with Gasteiger partial charge >= 0.3 is 0 Å². The third kappa shape index (κ3) is 3.15. The Kier molecular flexibility index (Phi) is 4.46. The molecule has 0 radical (unpaired) electrons. The van der Waals surface area contributed by atoms with E-state index in [0.29, 0.717) is 10.0 Å². The molecule has 1 saturated carbocycles. The van der Waals surface area contributed by atoms with E-state index in [9.17, 15) is 0 Å². The smallest absolute Gasteiger partial charge is 0.105 e. The highest BCUT2D eigenvalue weighted by Crippen LogP contribution is 2.31. The lowest BCUT2D eigenvalue weighted by molar-refractivity contribution is 0.440. The molecule has 98 valence electrons. The molecule has 0 saturated heterocycles. The number of hydrogen-bond donors (Lipinski definition) is 2. The van der Waals surface area contributed by atoms with Crippen LogP contribution in [0.4, 0.5) is 5.69 Å². The van der Waals surface area contributed by atoms with Crippen molar-refractivity contribution in [1.29, 1.82) is 0 Å². The summed E-state index contributed by atoms with van der Waals surface area (Å²) in [6.45, 7) is 3.35. The maximum atomic E-state index is 6.14. The number of halogens is 1. The fourth-order valence-electron chi connectivity index (χ4n) is 2.60. The van der Waals surface area contributed by atoms with Gasteiger partial charge in [-0.3, -0.25) is 0 Å².